The third-order valence-corrected chi connectivity index (χ3v) is 2.53. The first-order valence-corrected chi connectivity index (χ1v) is 5.34. The first kappa shape index (κ1) is 12.1. The van der Waals surface area contributed by atoms with E-state index in [0.29, 0.717) is 12.8 Å². The summed E-state index contributed by atoms with van der Waals surface area (Å²) in [5.41, 5.74) is 3.15. The fourth-order valence-electron chi connectivity index (χ4n) is 1.89. The number of hydrogen-bond donors (Lipinski definition) is 2. The van der Waals surface area contributed by atoms with E-state index >= 15 is 0 Å². The van der Waals surface area contributed by atoms with Crippen molar-refractivity contribution in [3.8, 4) is 0 Å². The molecule has 84 valence electrons. The molecule has 0 aliphatic carbocycles. The van der Waals surface area contributed by atoms with Crippen molar-refractivity contribution in [2.24, 2.45) is 0 Å². The van der Waals surface area contributed by atoms with Crippen LogP contribution < -0.4 is 0 Å². The van der Waals surface area contributed by atoms with E-state index in [1.807, 2.05) is 26.0 Å². The van der Waals surface area contributed by atoms with E-state index in [1.165, 1.54) is 5.56 Å². The molecule has 0 saturated carbocycles. The van der Waals surface area contributed by atoms with Gasteiger partial charge in [0.05, 0.1) is 0 Å². The highest BCUT2D eigenvalue weighted by atomic mass is 16.3. The van der Waals surface area contributed by atoms with Gasteiger partial charge in [0.2, 0.25) is 0 Å². The maximum atomic E-state index is 8.97. The molecule has 1 aromatic rings. The van der Waals surface area contributed by atoms with Crippen LogP contribution in [0.1, 0.15) is 35.7 Å². The van der Waals surface area contributed by atoms with Crippen molar-refractivity contribution in [1.82, 2.24) is 4.98 Å². The summed E-state index contributed by atoms with van der Waals surface area (Å²) in [4.78, 5) is 4.31. The number of rotatable bonds is 5. The molecule has 1 heterocycles. The highest BCUT2D eigenvalue weighted by Gasteiger charge is 2.11. The quantitative estimate of drug-likeness (QED) is 0.773. The first-order valence-electron chi connectivity index (χ1n) is 5.34. The molecule has 0 aliphatic rings. The zero-order valence-corrected chi connectivity index (χ0v) is 9.40. The van der Waals surface area contributed by atoms with Gasteiger partial charge in [-0.15, -0.1) is 0 Å². The van der Waals surface area contributed by atoms with E-state index in [4.69, 9.17) is 10.2 Å². The standard InChI is InChI=1S/C12H19NO2/c1-9-7-12(8-10(2)13-9)11(3-5-14)4-6-15/h7-8,11,14-15H,3-6H2,1-2H3. The van der Waals surface area contributed by atoms with Crippen LogP contribution in [0.4, 0.5) is 0 Å². The Labute approximate surface area is 90.8 Å². The lowest BCUT2D eigenvalue weighted by Crippen LogP contribution is -2.05. The van der Waals surface area contributed by atoms with E-state index in [-0.39, 0.29) is 19.1 Å². The van der Waals surface area contributed by atoms with Crippen molar-refractivity contribution in [3.05, 3.63) is 29.1 Å². The summed E-state index contributed by atoms with van der Waals surface area (Å²) in [7, 11) is 0. The third-order valence-electron chi connectivity index (χ3n) is 2.53. The fraction of sp³-hybridized carbons (Fsp3) is 0.583. The highest BCUT2D eigenvalue weighted by molar-refractivity contribution is 5.24. The molecule has 3 nitrogen and oxygen atoms in total. The van der Waals surface area contributed by atoms with E-state index in [2.05, 4.69) is 4.98 Å². The summed E-state index contributed by atoms with van der Waals surface area (Å²) in [6, 6.07) is 4.06. The van der Waals surface area contributed by atoms with Gasteiger partial charge in [-0.3, -0.25) is 4.98 Å². The molecule has 0 amide bonds. The predicted octanol–water partition coefficient (Wildman–Crippen LogP) is 1.55. The number of aliphatic hydroxyl groups is 2. The minimum atomic E-state index is 0.158. The van der Waals surface area contributed by atoms with Crippen molar-refractivity contribution in [2.45, 2.75) is 32.6 Å². The average Bonchev–Trinajstić information content (AvgIpc) is 2.16. The molecule has 2 N–H and O–H groups in total. The van der Waals surface area contributed by atoms with Gasteiger partial charge in [-0.1, -0.05) is 0 Å². The number of aliphatic hydroxyl groups excluding tert-OH is 2. The lowest BCUT2D eigenvalue weighted by Gasteiger charge is -2.15. The summed E-state index contributed by atoms with van der Waals surface area (Å²) >= 11 is 0. The second-order valence-electron chi connectivity index (χ2n) is 3.90. The van der Waals surface area contributed by atoms with Crippen LogP contribution in [0.25, 0.3) is 0 Å². The number of nitrogens with zero attached hydrogens (tertiary/aromatic N) is 1. The zero-order valence-electron chi connectivity index (χ0n) is 9.40. The van der Waals surface area contributed by atoms with Gasteiger partial charge in [0.15, 0.2) is 0 Å². The van der Waals surface area contributed by atoms with Crippen molar-refractivity contribution in [2.75, 3.05) is 13.2 Å². The van der Waals surface area contributed by atoms with Crippen LogP contribution in [0.3, 0.4) is 0 Å². The minimum Gasteiger partial charge on any atom is -0.396 e. The van der Waals surface area contributed by atoms with Crippen LogP contribution >= 0.6 is 0 Å². The molecule has 0 saturated heterocycles. The Kier molecular flexibility index (Phi) is 4.72. The Morgan fingerprint density at radius 3 is 1.93 bits per heavy atom. The first-order chi connectivity index (χ1) is 7.17. The van der Waals surface area contributed by atoms with Crippen LogP contribution in [0.2, 0.25) is 0 Å². The van der Waals surface area contributed by atoms with Gasteiger partial charge in [0, 0.05) is 24.6 Å². The van der Waals surface area contributed by atoms with E-state index in [0.717, 1.165) is 11.4 Å². The molecule has 0 radical (unpaired) electrons. The minimum absolute atomic E-state index is 0.158. The monoisotopic (exact) mass is 209 g/mol. The SMILES string of the molecule is Cc1cc(C(CCO)CCO)cc(C)n1. The number of aryl methyl sites for hydroxylation is 2. The lowest BCUT2D eigenvalue weighted by atomic mass is 9.93. The fourth-order valence-corrected chi connectivity index (χ4v) is 1.89. The van der Waals surface area contributed by atoms with Crippen LogP contribution in [0.5, 0.6) is 0 Å². The average molecular weight is 209 g/mol. The van der Waals surface area contributed by atoms with Crippen LogP contribution in [0.15, 0.2) is 12.1 Å². The van der Waals surface area contributed by atoms with E-state index in [1.54, 1.807) is 0 Å². The summed E-state index contributed by atoms with van der Waals surface area (Å²) in [6.45, 7) is 4.24. The molecular weight excluding hydrogens is 190 g/mol. The third kappa shape index (κ3) is 3.61. The highest BCUT2D eigenvalue weighted by Crippen LogP contribution is 2.23. The van der Waals surface area contributed by atoms with Gasteiger partial charge in [0.25, 0.3) is 0 Å². The van der Waals surface area contributed by atoms with E-state index < -0.39 is 0 Å². The molecule has 0 atom stereocenters. The van der Waals surface area contributed by atoms with Crippen molar-refractivity contribution < 1.29 is 10.2 Å². The molecule has 0 aliphatic heterocycles. The maximum Gasteiger partial charge on any atom is 0.0436 e. The van der Waals surface area contributed by atoms with Gasteiger partial charge in [-0.05, 0) is 50.3 Å². The van der Waals surface area contributed by atoms with Crippen LogP contribution in [-0.2, 0) is 0 Å². The smallest absolute Gasteiger partial charge is 0.0436 e. The van der Waals surface area contributed by atoms with E-state index in [9.17, 15) is 0 Å². The number of hydrogen-bond acceptors (Lipinski definition) is 3. The maximum absolute atomic E-state index is 8.97. The van der Waals surface area contributed by atoms with Crippen LogP contribution in [-0.4, -0.2) is 28.4 Å². The van der Waals surface area contributed by atoms with Crippen molar-refractivity contribution in [3.63, 3.8) is 0 Å². The molecule has 0 unspecified atom stereocenters. The molecule has 1 aromatic heterocycles. The van der Waals surface area contributed by atoms with Gasteiger partial charge < -0.3 is 10.2 Å². The lowest BCUT2D eigenvalue weighted by molar-refractivity contribution is 0.242. The molecular formula is C12H19NO2. The zero-order chi connectivity index (χ0) is 11.3. The number of pyridine rings is 1. The molecule has 3 heteroatoms. The largest absolute Gasteiger partial charge is 0.396 e. The normalized spacial score (nSPS) is 11.0. The summed E-state index contributed by atoms with van der Waals surface area (Å²) in [6.07, 6.45) is 1.40. The van der Waals surface area contributed by atoms with Gasteiger partial charge in [-0.25, -0.2) is 0 Å². The van der Waals surface area contributed by atoms with Gasteiger partial charge in [0.1, 0.15) is 0 Å². The van der Waals surface area contributed by atoms with Gasteiger partial charge >= 0.3 is 0 Å². The van der Waals surface area contributed by atoms with Crippen molar-refractivity contribution in [1.29, 1.82) is 0 Å². The topological polar surface area (TPSA) is 53.4 Å². The Bertz CT molecular complexity index is 286. The predicted molar refractivity (Wildman–Crippen MR) is 59.9 cm³/mol. The van der Waals surface area contributed by atoms with Crippen molar-refractivity contribution >= 4 is 0 Å². The second kappa shape index (κ2) is 5.83. The van der Waals surface area contributed by atoms with Gasteiger partial charge in [-0.2, -0.15) is 0 Å². The Balaban J connectivity index is 2.88. The molecule has 0 aromatic carbocycles. The Hall–Kier alpha value is -0.930. The summed E-state index contributed by atoms with van der Waals surface area (Å²) in [5, 5.41) is 17.9. The molecule has 0 bridgehead atoms. The molecule has 0 spiro atoms. The Morgan fingerprint density at radius 2 is 1.53 bits per heavy atom. The number of aromatic nitrogens is 1. The summed E-state index contributed by atoms with van der Waals surface area (Å²) in [5.74, 6) is 0.236. The van der Waals surface area contributed by atoms with Crippen LogP contribution in [0, 0.1) is 13.8 Å². The Morgan fingerprint density at radius 1 is 1.07 bits per heavy atom. The molecule has 15 heavy (non-hydrogen) atoms. The summed E-state index contributed by atoms with van der Waals surface area (Å²) < 4.78 is 0. The molecule has 1 rings (SSSR count). The molecule has 0 fully saturated rings. The second-order valence-corrected chi connectivity index (χ2v) is 3.90.